The molecular formula is C28H28FN3O2S. The molecule has 0 saturated heterocycles. The van der Waals surface area contributed by atoms with Crippen molar-refractivity contribution in [2.45, 2.75) is 45.6 Å². The maximum atomic E-state index is 14.7. The highest BCUT2D eigenvalue weighted by Crippen LogP contribution is 2.39. The summed E-state index contributed by atoms with van der Waals surface area (Å²) in [4.78, 5) is 22.2. The Kier molecular flexibility index (Phi) is 7.16. The van der Waals surface area contributed by atoms with E-state index < -0.39 is 5.82 Å². The van der Waals surface area contributed by atoms with Crippen LogP contribution in [0.2, 0.25) is 0 Å². The SMILES string of the molecule is CCCNCc1ccc(-c2cc3nccc(Oc4ccc(CC(=O)CC5CC5)c(F)c4)c3s2)nc1. The second kappa shape index (κ2) is 10.6. The van der Waals surface area contributed by atoms with Gasteiger partial charge >= 0.3 is 0 Å². The van der Waals surface area contributed by atoms with Gasteiger partial charge in [0.2, 0.25) is 0 Å². The molecule has 1 N–H and O–H groups in total. The minimum absolute atomic E-state index is 0.0980. The average Bonchev–Trinajstić information content (AvgIpc) is 3.55. The number of hydrogen-bond donors (Lipinski definition) is 1. The van der Waals surface area contributed by atoms with Crippen LogP contribution in [0.25, 0.3) is 20.8 Å². The van der Waals surface area contributed by atoms with E-state index in [-0.39, 0.29) is 12.2 Å². The Hall–Kier alpha value is -3.16. The van der Waals surface area contributed by atoms with Crippen molar-refractivity contribution >= 4 is 27.3 Å². The Bertz CT molecular complexity index is 1330. The number of hydrogen-bond acceptors (Lipinski definition) is 6. The fraction of sp³-hybridized carbons (Fsp3) is 0.321. The van der Waals surface area contributed by atoms with Crippen molar-refractivity contribution in [3.8, 4) is 22.1 Å². The van der Waals surface area contributed by atoms with E-state index in [2.05, 4.69) is 28.3 Å². The maximum Gasteiger partial charge on any atom is 0.148 e. The number of nitrogens with one attached hydrogen (secondary N) is 1. The largest absolute Gasteiger partial charge is 0.456 e. The third kappa shape index (κ3) is 5.92. The molecule has 1 aliphatic carbocycles. The zero-order valence-corrected chi connectivity index (χ0v) is 20.5. The summed E-state index contributed by atoms with van der Waals surface area (Å²) in [6.07, 6.45) is 7.60. The van der Waals surface area contributed by atoms with Gasteiger partial charge in [-0.1, -0.05) is 19.1 Å². The van der Waals surface area contributed by atoms with E-state index in [0.29, 0.717) is 29.4 Å². The summed E-state index contributed by atoms with van der Waals surface area (Å²) >= 11 is 1.55. The molecule has 4 aromatic rings. The minimum atomic E-state index is -0.415. The van der Waals surface area contributed by atoms with Gasteiger partial charge in [-0.25, -0.2) is 4.39 Å². The molecule has 0 amide bonds. The van der Waals surface area contributed by atoms with Crippen molar-refractivity contribution in [1.82, 2.24) is 15.3 Å². The van der Waals surface area contributed by atoms with Crippen molar-refractivity contribution in [3.05, 3.63) is 71.8 Å². The molecule has 35 heavy (non-hydrogen) atoms. The van der Waals surface area contributed by atoms with Crippen LogP contribution in [0.4, 0.5) is 4.39 Å². The molecule has 0 aliphatic heterocycles. The number of Topliss-reactive ketones (excluding diaryl/α,β-unsaturated/α-hetero) is 1. The molecule has 1 aliphatic rings. The van der Waals surface area contributed by atoms with Gasteiger partial charge in [0.15, 0.2) is 0 Å². The second-order valence-corrected chi connectivity index (χ2v) is 10.1. The molecule has 1 aromatic carbocycles. The van der Waals surface area contributed by atoms with Crippen LogP contribution in [0.1, 0.15) is 43.7 Å². The molecule has 5 nitrogen and oxygen atoms in total. The average molecular weight is 490 g/mol. The highest BCUT2D eigenvalue weighted by molar-refractivity contribution is 7.22. The fourth-order valence-electron chi connectivity index (χ4n) is 4.00. The summed E-state index contributed by atoms with van der Waals surface area (Å²) in [5.74, 6) is 1.20. The number of ketones is 1. The molecular weight excluding hydrogens is 461 g/mol. The van der Waals surface area contributed by atoms with Gasteiger partial charge in [0.25, 0.3) is 0 Å². The van der Waals surface area contributed by atoms with Crippen molar-refractivity contribution in [1.29, 1.82) is 0 Å². The number of carbonyl (C=O) groups is 1. The van der Waals surface area contributed by atoms with E-state index >= 15 is 0 Å². The molecule has 1 saturated carbocycles. The number of nitrogens with zero attached hydrogens (tertiary/aromatic N) is 2. The number of rotatable bonds is 11. The third-order valence-electron chi connectivity index (χ3n) is 6.06. The van der Waals surface area contributed by atoms with Gasteiger partial charge in [-0.3, -0.25) is 14.8 Å². The second-order valence-electron chi connectivity index (χ2n) is 9.08. The van der Waals surface area contributed by atoms with Crippen molar-refractivity contribution < 1.29 is 13.9 Å². The minimum Gasteiger partial charge on any atom is -0.456 e. The standard InChI is InChI=1S/C28H28FN3O2S/c1-2-10-30-16-19-5-8-24(32-17-19)27-15-25-28(35-27)26(9-11-31-25)34-22-7-6-20(23(29)14-22)13-21(33)12-18-3-4-18/h5-9,11,14-15,17-18,30H,2-4,10,12-13,16H2,1H3. The molecule has 180 valence electrons. The number of pyridine rings is 2. The summed E-state index contributed by atoms with van der Waals surface area (Å²) in [7, 11) is 0. The molecule has 0 radical (unpaired) electrons. The predicted octanol–water partition coefficient (Wildman–Crippen LogP) is 6.70. The summed E-state index contributed by atoms with van der Waals surface area (Å²) in [5, 5.41) is 3.38. The highest BCUT2D eigenvalue weighted by Gasteiger charge is 2.24. The first-order valence-corrected chi connectivity index (χ1v) is 12.9. The molecule has 0 atom stereocenters. The zero-order valence-electron chi connectivity index (χ0n) is 19.7. The lowest BCUT2D eigenvalue weighted by molar-refractivity contribution is -0.118. The molecule has 0 bridgehead atoms. The van der Waals surface area contributed by atoms with E-state index in [1.807, 2.05) is 18.3 Å². The van der Waals surface area contributed by atoms with Crippen molar-refractivity contribution in [3.63, 3.8) is 0 Å². The Morgan fingerprint density at radius 1 is 1.17 bits per heavy atom. The van der Waals surface area contributed by atoms with E-state index in [9.17, 15) is 9.18 Å². The van der Waals surface area contributed by atoms with Gasteiger partial charge in [0.1, 0.15) is 23.1 Å². The summed E-state index contributed by atoms with van der Waals surface area (Å²) in [6.45, 7) is 3.93. The predicted molar refractivity (Wildman–Crippen MR) is 137 cm³/mol. The number of benzene rings is 1. The van der Waals surface area contributed by atoms with E-state index in [1.54, 1.807) is 35.7 Å². The van der Waals surface area contributed by atoms with Gasteiger partial charge < -0.3 is 10.1 Å². The van der Waals surface area contributed by atoms with Crippen molar-refractivity contribution in [2.75, 3.05) is 6.54 Å². The maximum absolute atomic E-state index is 14.7. The van der Waals surface area contributed by atoms with Crippen LogP contribution in [0.3, 0.4) is 0 Å². The number of carbonyl (C=O) groups excluding carboxylic acids is 1. The van der Waals surface area contributed by atoms with Gasteiger partial charge in [-0.15, -0.1) is 11.3 Å². The molecule has 7 heteroatoms. The molecule has 1 fully saturated rings. The quantitative estimate of drug-likeness (QED) is 0.238. The van der Waals surface area contributed by atoms with Gasteiger partial charge in [0.05, 0.1) is 20.8 Å². The lowest BCUT2D eigenvalue weighted by atomic mass is 10.0. The van der Waals surface area contributed by atoms with Crippen LogP contribution >= 0.6 is 11.3 Å². The molecule has 0 spiro atoms. The summed E-state index contributed by atoms with van der Waals surface area (Å²) < 4.78 is 21.6. The summed E-state index contributed by atoms with van der Waals surface area (Å²) in [5.41, 5.74) is 3.25. The Morgan fingerprint density at radius 3 is 2.80 bits per heavy atom. The number of aromatic nitrogens is 2. The van der Waals surface area contributed by atoms with Crippen LogP contribution < -0.4 is 10.1 Å². The first-order chi connectivity index (χ1) is 17.1. The third-order valence-corrected chi connectivity index (χ3v) is 7.22. The van der Waals surface area contributed by atoms with Crippen LogP contribution in [-0.2, 0) is 17.8 Å². The molecule has 0 unspecified atom stereocenters. The normalized spacial score (nSPS) is 13.3. The number of thiophene rings is 1. The van der Waals surface area contributed by atoms with Crippen LogP contribution in [0.15, 0.2) is 54.9 Å². The van der Waals surface area contributed by atoms with Gasteiger partial charge in [-0.05, 0) is 61.1 Å². The van der Waals surface area contributed by atoms with Crippen LogP contribution in [0.5, 0.6) is 11.5 Å². The number of ether oxygens (including phenoxy) is 1. The number of halogens is 1. The van der Waals surface area contributed by atoms with E-state index in [1.165, 1.54) is 6.07 Å². The molecule has 5 rings (SSSR count). The lowest BCUT2D eigenvalue weighted by Crippen LogP contribution is -2.13. The van der Waals surface area contributed by atoms with Crippen LogP contribution in [-0.4, -0.2) is 22.3 Å². The fourth-order valence-corrected chi connectivity index (χ4v) is 5.04. The first kappa shape index (κ1) is 23.6. The Labute approximate surface area is 208 Å². The zero-order chi connectivity index (χ0) is 24.2. The van der Waals surface area contributed by atoms with E-state index in [4.69, 9.17) is 4.74 Å². The lowest BCUT2D eigenvalue weighted by Gasteiger charge is -2.09. The van der Waals surface area contributed by atoms with Gasteiger partial charge in [-0.2, -0.15) is 0 Å². The Balaban J connectivity index is 1.31. The molecule has 3 aromatic heterocycles. The van der Waals surface area contributed by atoms with Gasteiger partial charge in [0, 0.05) is 43.9 Å². The Morgan fingerprint density at radius 2 is 2.06 bits per heavy atom. The van der Waals surface area contributed by atoms with Crippen molar-refractivity contribution in [2.24, 2.45) is 5.92 Å². The van der Waals surface area contributed by atoms with E-state index in [0.717, 1.165) is 58.7 Å². The monoisotopic (exact) mass is 489 g/mol. The number of fused-ring (bicyclic) bond motifs is 1. The smallest absolute Gasteiger partial charge is 0.148 e. The highest BCUT2D eigenvalue weighted by atomic mass is 32.1. The van der Waals surface area contributed by atoms with Crippen LogP contribution in [0, 0.1) is 11.7 Å². The summed E-state index contributed by atoms with van der Waals surface area (Å²) in [6, 6.07) is 12.6. The molecule has 3 heterocycles. The topological polar surface area (TPSA) is 64.1 Å². The first-order valence-electron chi connectivity index (χ1n) is 12.1.